The predicted molar refractivity (Wildman–Crippen MR) is 142 cm³/mol. The molecule has 0 spiro atoms. The second-order valence-corrected chi connectivity index (χ2v) is 10.1. The highest BCUT2D eigenvalue weighted by Crippen LogP contribution is 2.15. The maximum absolute atomic E-state index is 12.9. The topological polar surface area (TPSA) is 88.1 Å². The van der Waals surface area contributed by atoms with Gasteiger partial charge in [-0.1, -0.05) is 63.2 Å². The molecule has 0 heterocycles. The summed E-state index contributed by atoms with van der Waals surface area (Å²) in [4.78, 5) is 26.0. The molecule has 7 heteroatoms. The van der Waals surface area contributed by atoms with Gasteiger partial charge >= 0.3 is 12.0 Å². The average molecular weight is 499 g/mol. The summed E-state index contributed by atoms with van der Waals surface area (Å²) in [5.74, 6) is -0.285. The van der Waals surface area contributed by atoms with Crippen LogP contribution in [0.15, 0.2) is 54.6 Å². The smallest absolute Gasteiger partial charge is 0.333 e. The van der Waals surface area contributed by atoms with Gasteiger partial charge in [0.2, 0.25) is 0 Å². The van der Waals surface area contributed by atoms with E-state index in [0.29, 0.717) is 45.0 Å². The molecule has 0 aliphatic carbocycles. The summed E-state index contributed by atoms with van der Waals surface area (Å²) >= 11 is 0. The van der Waals surface area contributed by atoms with Crippen LogP contribution in [0.4, 0.5) is 4.79 Å². The molecule has 198 valence electrons. The van der Waals surface area contributed by atoms with Gasteiger partial charge in [0.15, 0.2) is 6.10 Å². The number of nitrogens with zero attached hydrogens (tertiary/aromatic N) is 1. The number of nitrogens with one attached hydrogen (secondary N) is 1. The van der Waals surface area contributed by atoms with Crippen LogP contribution < -0.4 is 10.1 Å². The van der Waals surface area contributed by atoms with Crippen LogP contribution in [0.5, 0.6) is 5.75 Å². The molecule has 2 N–H and O–H groups in total. The van der Waals surface area contributed by atoms with Gasteiger partial charge in [-0.25, -0.2) is 9.59 Å². The van der Waals surface area contributed by atoms with Crippen molar-refractivity contribution in [2.45, 2.75) is 59.5 Å². The number of rotatable bonds is 15. The molecule has 0 saturated carbocycles. The Morgan fingerprint density at radius 3 is 2.28 bits per heavy atom. The van der Waals surface area contributed by atoms with E-state index in [-0.39, 0.29) is 11.4 Å². The molecule has 7 nitrogen and oxygen atoms in total. The molecule has 0 saturated heterocycles. The van der Waals surface area contributed by atoms with E-state index in [1.54, 1.807) is 6.92 Å². The van der Waals surface area contributed by atoms with E-state index >= 15 is 0 Å². The lowest BCUT2D eigenvalue weighted by atomic mass is 9.97. The second-order valence-electron chi connectivity index (χ2n) is 10.1. The number of aliphatic carboxylic acids is 1. The number of benzene rings is 2. The van der Waals surface area contributed by atoms with Crippen LogP contribution in [0.2, 0.25) is 0 Å². The van der Waals surface area contributed by atoms with Crippen molar-refractivity contribution in [2.75, 3.05) is 32.8 Å². The summed E-state index contributed by atoms with van der Waals surface area (Å²) in [5, 5.41) is 12.3. The molecule has 0 aromatic heterocycles. The minimum Gasteiger partial charge on any atom is -0.492 e. The third-order valence-electron chi connectivity index (χ3n) is 5.66. The van der Waals surface area contributed by atoms with Gasteiger partial charge in [0, 0.05) is 26.1 Å². The molecule has 2 rings (SSSR count). The van der Waals surface area contributed by atoms with E-state index in [1.165, 1.54) is 5.56 Å². The van der Waals surface area contributed by atoms with Crippen molar-refractivity contribution in [3.05, 3.63) is 65.7 Å². The van der Waals surface area contributed by atoms with E-state index in [9.17, 15) is 14.7 Å². The van der Waals surface area contributed by atoms with Crippen molar-refractivity contribution >= 4 is 12.0 Å². The number of ether oxygens (including phenoxy) is 2. The van der Waals surface area contributed by atoms with Crippen LogP contribution in [0.25, 0.3) is 0 Å². The first-order chi connectivity index (χ1) is 17.2. The van der Waals surface area contributed by atoms with Crippen molar-refractivity contribution < 1.29 is 24.2 Å². The first kappa shape index (κ1) is 29.2. The predicted octanol–water partition coefficient (Wildman–Crippen LogP) is 5.18. The first-order valence-electron chi connectivity index (χ1n) is 12.8. The number of carbonyl (C=O) groups is 2. The lowest BCUT2D eigenvalue weighted by molar-refractivity contribution is -0.149. The quantitative estimate of drug-likeness (QED) is 0.331. The van der Waals surface area contributed by atoms with Gasteiger partial charge in [-0.15, -0.1) is 0 Å². The maximum atomic E-state index is 12.9. The maximum Gasteiger partial charge on any atom is 0.333 e. The van der Waals surface area contributed by atoms with Crippen LogP contribution >= 0.6 is 0 Å². The average Bonchev–Trinajstić information content (AvgIpc) is 2.84. The lowest BCUT2D eigenvalue weighted by Gasteiger charge is -2.26. The first-order valence-corrected chi connectivity index (χ1v) is 12.8. The Labute approximate surface area is 215 Å². The lowest BCUT2D eigenvalue weighted by Crippen LogP contribution is -2.45. The third-order valence-corrected chi connectivity index (χ3v) is 5.66. The second kappa shape index (κ2) is 15.1. The van der Waals surface area contributed by atoms with Crippen LogP contribution in [0, 0.1) is 5.41 Å². The minimum atomic E-state index is -0.967. The Morgan fingerprint density at radius 1 is 0.972 bits per heavy atom. The van der Waals surface area contributed by atoms with Crippen LogP contribution in [-0.4, -0.2) is 61.0 Å². The Hall–Kier alpha value is -3.06. The van der Waals surface area contributed by atoms with Crippen LogP contribution in [-0.2, 0) is 22.4 Å². The standard InChI is InChI=1S/C29H42N2O5/c1-5-35-26(27(32)33)21-24-14-16-25(17-15-24)36-20-19-31(28(34)30-22-29(2,3)4)18-10-9-13-23-11-7-6-8-12-23/h6-8,11-12,14-17,26H,5,9-10,13,18-22H2,1-4H3,(H,30,34)(H,32,33). The molecule has 0 aliphatic heterocycles. The zero-order valence-corrected chi connectivity index (χ0v) is 22.2. The highest BCUT2D eigenvalue weighted by atomic mass is 16.5. The number of carboxylic acid groups (broad SMARTS) is 1. The molecule has 2 aromatic rings. The normalized spacial score (nSPS) is 12.1. The summed E-state index contributed by atoms with van der Waals surface area (Å²) in [5.41, 5.74) is 2.18. The van der Waals surface area contributed by atoms with E-state index < -0.39 is 12.1 Å². The van der Waals surface area contributed by atoms with Gasteiger partial charge in [-0.05, 0) is 54.9 Å². The molecule has 0 fully saturated rings. The van der Waals surface area contributed by atoms with E-state index in [4.69, 9.17) is 9.47 Å². The highest BCUT2D eigenvalue weighted by Gasteiger charge is 2.19. The SMILES string of the molecule is CCOC(Cc1ccc(OCCN(CCCCc2ccccc2)C(=O)NCC(C)(C)C)cc1)C(=O)O. The Kier molecular flexibility index (Phi) is 12.3. The number of amides is 2. The summed E-state index contributed by atoms with van der Waals surface area (Å²) in [6.45, 7) is 10.5. The van der Waals surface area contributed by atoms with E-state index in [2.05, 4.69) is 50.4 Å². The van der Waals surface area contributed by atoms with Crippen molar-refractivity contribution in [2.24, 2.45) is 5.41 Å². The molecule has 1 atom stereocenters. The van der Waals surface area contributed by atoms with Gasteiger partial charge in [-0.2, -0.15) is 0 Å². The summed E-state index contributed by atoms with van der Waals surface area (Å²) in [6.07, 6.45) is 2.36. The zero-order valence-electron chi connectivity index (χ0n) is 22.2. The molecular formula is C29H42N2O5. The van der Waals surface area contributed by atoms with Crippen molar-refractivity contribution in [1.29, 1.82) is 0 Å². The van der Waals surface area contributed by atoms with Crippen molar-refractivity contribution in [1.82, 2.24) is 10.2 Å². The van der Waals surface area contributed by atoms with Crippen LogP contribution in [0.3, 0.4) is 0 Å². The summed E-state index contributed by atoms with van der Waals surface area (Å²) in [7, 11) is 0. The number of hydrogen-bond donors (Lipinski definition) is 2. The van der Waals surface area contributed by atoms with E-state index in [1.807, 2.05) is 35.2 Å². The molecular weight excluding hydrogens is 456 g/mol. The van der Waals surface area contributed by atoms with Gasteiger partial charge in [-0.3, -0.25) is 0 Å². The van der Waals surface area contributed by atoms with Gasteiger partial charge in [0.25, 0.3) is 0 Å². The summed E-state index contributed by atoms with van der Waals surface area (Å²) < 4.78 is 11.2. The number of carbonyl (C=O) groups excluding carboxylic acids is 1. The minimum absolute atomic E-state index is 0.00863. The fourth-order valence-electron chi connectivity index (χ4n) is 3.67. The molecule has 1 unspecified atom stereocenters. The molecule has 2 aromatic carbocycles. The number of aryl methyl sites for hydroxylation is 1. The van der Waals surface area contributed by atoms with Gasteiger partial charge in [0.1, 0.15) is 12.4 Å². The Balaban J connectivity index is 1.86. The molecule has 0 aliphatic rings. The monoisotopic (exact) mass is 498 g/mol. The number of carboxylic acids is 1. The van der Waals surface area contributed by atoms with Crippen molar-refractivity contribution in [3.8, 4) is 5.75 Å². The van der Waals surface area contributed by atoms with Gasteiger partial charge < -0.3 is 24.8 Å². The van der Waals surface area contributed by atoms with E-state index in [0.717, 1.165) is 24.8 Å². The summed E-state index contributed by atoms with van der Waals surface area (Å²) in [6, 6.07) is 17.7. The molecule has 0 radical (unpaired) electrons. The fraction of sp³-hybridized carbons (Fsp3) is 0.517. The largest absolute Gasteiger partial charge is 0.492 e. The molecule has 36 heavy (non-hydrogen) atoms. The fourth-order valence-corrected chi connectivity index (χ4v) is 3.67. The highest BCUT2D eigenvalue weighted by molar-refractivity contribution is 5.74. The van der Waals surface area contributed by atoms with Crippen LogP contribution in [0.1, 0.15) is 51.7 Å². The Morgan fingerprint density at radius 2 is 1.67 bits per heavy atom. The Bertz CT molecular complexity index is 910. The number of urea groups is 1. The van der Waals surface area contributed by atoms with Gasteiger partial charge in [0.05, 0.1) is 6.54 Å². The zero-order chi connectivity index (χ0) is 26.4. The number of unbranched alkanes of at least 4 members (excludes halogenated alkanes) is 1. The molecule has 0 bridgehead atoms. The number of hydrogen-bond acceptors (Lipinski definition) is 4. The third kappa shape index (κ3) is 11.6. The molecule has 2 amide bonds. The van der Waals surface area contributed by atoms with Crippen molar-refractivity contribution in [3.63, 3.8) is 0 Å².